The van der Waals surface area contributed by atoms with Gasteiger partial charge in [0.25, 0.3) is 0 Å². The van der Waals surface area contributed by atoms with E-state index in [2.05, 4.69) is 42.1 Å². The molecule has 0 aliphatic carbocycles. The number of ether oxygens (including phenoxy) is 1. The molecule has 1 unspecified atom stereocenters. The first kappa shape index (κ1) is 17.6. The van der Waals surface area contributed by atoms with Crippen LogP contribution in [0.2, 0.25) is 0 Å². The number of anilines is 1. The molecule has 5 nitrogen and oxygen atoms in total. The zero-order chi connectivity index (χ0) is 17.7. The number of hydrogen-bond acceptors (Lipinski definition) is 5. The molecule has 1 atom stereocenters. The summed E-state index contributed by atoms with van der Waals surface area (Å²) < 4.78 is 5.39. The van der Waals surface area contributed by atoms with Crippen LogP contribution in [-0.4, -0.2) is 12.9 Å². The van der Waals surface area contributed by atoms with Gasteiger partial charge in [-0.05, 0) is 30.5 Å². The van der Waals surface area contributed by atoms with Gasteiger partial charge in [0.05, 0.1) is 18.5 Å². The molecular weight excluding hydrogens is 300 g/mol. The zero-order valence-corrected chi connectivity index (χ0v) is 14.7. The summed E-state index contributed by atoms with van der Waals surface area (Å²) in [5.41, 5.74) is 2.85. The molecule has 24 heavy (non-hydrogen) atoms. The molecule has 5 heteroatoms. The van der Waals surface area contributed by atoms with Gasteiger partial charge in [0.15, 0.2) is 5.82 Å². The van der Waals surface area contributed by atoms with E-state index in [9.17, 15) is 5.26 Å². The van der Waals surface area contributed by atoms with Crippen molar-refractivity contribution in [3.63, 3.8) is 0 Å². The highest BCUT2D eigenvalue weighted by Gasteiger charge is 2.20. The summed E-state index contributed by atoms with van der Waals surface area (Å²) in [4.78, 5) is 4.61. The van der Waals surface area contributed by atoms with Crippen LogP contribution >= 0.6 is 0 Å². The third-order valence-electron chi connectivity index (χ3n) is 4.04. The van der Waals surface area contributed by atoms with Crippen molar-refractivity contribution in [1.29, 1.82) is 5.26 Å². The van der Waals surface area contributed by atoms with Gasteiger partial charge < -0.3 is 15.4 Å². The number of amidine groups is 1. The van der Waals surface area contributed by atoms with Crippen LogP contribution in [0.3, 0.4) is 0 Å². The molecule has 0 fully saturated rings. The predicted molar refractivity (Wildman–Crippen MR) is 97.8 cm³/mol. The van der Waals surface area contributed by atoms with E-state index in [0.717, 1.165) is 29.9 Å². The third-order valence-corrected chi connectivity index (χ3v) is 4.04. The first-order chi connectivity index (χ1) is 11.5. The van der Waals surface area contributed by atoms with E-state index in [1.807, 2.05) is 25.1 Å². The van der Waals surface area contributed by atoms with Crippen molar-refractivity contribution in [2.45, 2.75) is 33.6 Å². The molecule has 0 saturated carbocycles. The van der Waals surface area contributed by atoms with Crippen LogP contribution in [-0.2, 0) is 0 Å². The molecule has 1 aromatic rings. The SMILES string of the molecule is C=C1NC(CC(C)CC)=NC(Nc2cc(C)ccc2OC)=C1C#N. The van der Waals surface area contributed by atoms with Crippen LogP contribution in [0, 0.1) is 24.2 Å². The summed E-state index contributed by atoms with van der Waals surface area (Å²) in [7, 11) is 1.62. The minimum atomic E-state index is 0.409. The van der Waals surface area contributed by atoms with Crippen molar-refractivity contribution in [3.8, 4) is 11.8 Å². The molecule has 0 aromatic heterocycles. The maximum atomic E-state index is 9.46. The molecule has 1 aromatic carbocycles. The van der Waals surface area contributed by atoms with Gasteiger partial charge in [-0.3, -0.25) is 0 Å². The average molecular weight is 324 g/mol. The number of allylic oxidation sites excluding steroid dienone is 1. The van der Waals surface area contributed by atoms with E-state index in [0.29, 0.717) is 28.8 Å². The lowest BCUT2D eigenvalue weighted by Crippen LogP contribution is -2.30. The maximum absolute atomic E-state index is 9.46. The summed E-state index contributed by atoms with van der Waals surface area (Å²) in [6, 6.07) is 8.01. The Balaban J connectivity index is 2.39. The van der Waals surface area contributed by atoms with Gasteiger partial charge in [-0.15, -0.1) is 0 Å². The lowest BCUT2D eigenvalue weighted by molar-refractivity contribution is 0.416. The van der Waals surface area contributed by atoms with Gasteiger partial charge in [0.1, 0.15) is 23.2 Å². The molecule has 1 heterocycles. The average Bonchev–Trinajstić information content (AvgIpc) is 2.55. The van der Waals surface area contributed by atoms with Crippen molar-refractivity contribution in [2.24, 2.45) is 10.9 Å². The van der Waals surface area contributed by atoms with E-state index >= 15 is 0 Å². The van der Waals surface area contributed by atoms with Crippen LogP contribution in [0.4, 0.5) is 5.69 Å². The van der Waals surface area contributed by atoms with Crippen LogP contribution in [0.5, 0.6) is 5.75 Å². The topological polar surface area (TPSA) is 69.4 Å². The first-order valence-corrected chi connectivity index (χ1v) is 8.08. The van der Waals surface area contributed by atoms with E-state index in [1.165, 1.54) is 0 Å². The number of benzene rings is 1. The van der Waals surface area contributed by atoms with Gasteiger partial charge in [0.2, 0.25) is 0 Å². The zero-order valence-electron chi connectivity index (χ0n) is 14.7. The van der Waals surface area contributed by atoms with Crippen molar-refractivity contribution < 1.29 is 4.74 Å². The second kappa shape index (κ2) is 7.69. The fourth-order valence-electron chi connectivity index (χ4n) is 2.43. The van der Waals surface area contributed by atoms with Gasteiger partial charge in [0, 0.05) is 6.42 Å². The van der Waals surface area contributed by atoms with E-state index < -0.39 is 0 Å². The summed E-state index contributed by atoms with van der Waals surface area (Å²) in [6.45, 7) is 10.3. The quantitative estimate of drug-likeness (QED) is 0.826. The Morgan fingerprint density at radius 1 is 1.46 bits per heavy atom. The molecule has 0 amide bonds. The number of hydrogen-bond donors (Lipinski definition) is 2. The van der Waals surface area contributed by atoms with E-state index in [1.54, 1.807) is 7.11 Å². The second-order valence-electron chi connectivity index (χ2n) is 6.04. The molecule has 0 radical (unpaired) electrons. The van der Waals surface area contributed by atoms with E-state index in [-0.39, 0.29) is 0 Å². The van der Waals surface area contributed by atoms with Crippen molar-refractivity contribution in [3.05, 3.63) is 47.4 Å². The molecule has 0 bridgehead atoms. The standard InChI is InChI=1S/C19H24N4O/c1-6-12(2)10-18-21-14(4)15(11-20)19(23-18)22-16-9-13(3)7-8-17(16)24-5/h7-9,12,22H,4,6,10H2,1-3,5H3,(H,21,23). The molecule has 2 rings (SSSR count). The Labute approximate surface area is 143 Å². The number of nitriles is 1. The Morgan fingerprint density at radius 3 is 2.83 bits per heavy atom. The van der Waals surface area contributed by atoms with Crippen molar-refractivity contribution >= 4 is 11.5 Å². The molecule has 126 valence electrons. The number of aliphatic imine (C=N–C) groups is 1. The lowest BCUT2D eigenvalue weighted by Gasteiger charge is -2.22. The number of nitrogens with zero attached hydrogens (tertiary/aromatic N) is 2. The van der Waals surface area contributed by atoms with Crippen molar-refractivity contribution in [1.82, 2.24) is 5.32 Å². The fraction of sp³-hybridized carbons (Fsp3) is 0.368. The Hall–Kier alpha value is -2.74. The Kier molecular flexibility index (Phi) is 5.64. The predicted octanol–water partition coefficient (Wildman–Crippen LogP) is 4.10. The van der Waals surface area contributed by atoms with Crippen LogP contribution in [0.25, 0.3) is 0 Å². The summed E-state index contributed by atoms with van der Waals surface area (Å²) in [5.74, 6) is 2.53. The minimum absolute atomic E-state index is 0.409. The van der Waals surface area contributed by atoms with Gasteiger partial charge >= 0.3 is 0 Å². The lowest BCUT2D eigenvalue weighted by atomic mass is 10.0. The Bertz CT molecular complexity index is 740. The second-order valence-corrected chi connectivity index (χ2v) is 6.04. The van der Waals surface area contributed by atoms with E-state index in [4.69, 9.17) is 4.74 Å². The highest BCUT2D eigenvalue weighted by atomic mass is 16.5. The van der Waals surface area contributed by atoms with Gasteiger partial charge in [-0.25, -0.2) is 4.99 Å². The highest BCUT2D eigenvalue weighted by molar-refractivity contribution is 5.88. The summed E-state index contributed by atoms with van der Waals surface area (Å²) >= 11 is 0. The molecule has 1 aliphatic rings. The fourth-order valence-corrected chi connectivity index (χ4v) is 2.43. The smallest absolute Gasteiger partial charge is 0.152 e. The summed E-state index contributed by atoms with van der Waals surface area (Å²) in [6.07, 6.45) is 1.88. The number of nitrogens with one attached hydrogen (secondary N) is 2. The van der Waals surface area contributed by atoms with Crippen LogP contribution in [0.15, 0.2) is 46.9 Å². The first-order valence-electron chi connectivity index (χ1n) is 8.08. The number of methoxy groups -OCH3 is 1. The number of rotatable bonds is 6. The maximum Gasteiger partial charge on any atom is 0.152 e. The molecular formula is C19H24N4O. The molecule has 0 spiro atoms. The molecule has 1 aliphatic heterocycles. The highest BCUT2D eigenvalue weighted by Crippen LogP contribution is 2.29. The number of aryl methyl sites for hydroxylation is 1. The summed E-state index contributed by atoms with van der Waals surface area (Å²) in [5, 5.41) is 15.8. The molecule has 2 N–H and O–H groups in total. The third kappa shape index (κ3) is 3.96. The van der Waals surface area contributed by atoms with Crippen molar-refractivity contribution in [2.75, 3.05) is 12.4 Å². The largest absolute Gasteiger partial charge is 0.495 e. The normalized spacial score (nSPS) is 15.3. The van der Waals surface area contributed by atoms with Crippen LogP contribution in [0.1, 0.15) is 32.3 Å². The van der Waals surface area contributed by atoms with Gasteiger partial charge in [-0.2, -0.15) is 5.26 Å². The Morgan fingerprint density at radius 2 is 2.21 bits per heavy atom. The molecule has 0 saturated heterocycles. The monoisotopic (exact) mass is 324 g/mol. The van der Waals surface area contributed by atoms with Gasteiger partial charge in [-0.1, -0.05) is 32.9 Å². The van der Waals surface area contributed by atoms with Crippen LogP contribution < -0.4 is 15.4 Å². The minimum Gasteiger partial charge on any atom is -0.495 e.